The number of hydrogen-bond donors (Lipinski definition) is 2. The summed E-state index contributed by atoms with van der Waals surface area (Å²) in [6.45, 7) is 0. The molecule has 0 radical (unpaired) electrons. The number of amides is 2. The Bertz CT molecular complexity index is 1100. The highest BCUT2D eigenvalue weighted by Crippen LogP contribution is 2.37. The molecule has 156 valence electrons. The van der Waals surface area contributed by atoms with Crippen LogP contribution in [0.15, 0.2) is 33.2 Å². The van der Waals surface area contributed by atoms with Crippen molar-refractivity contribution in [2.75, 3.05) is 16.6 Å². The lowest BCUT2D eigenvalue weighted by molar-refractivity contribution is -0.148. The number of esters is 1. The molecular weight excluding hydrogens is 454 g/mol. The predicted molar refractivity (Wildman–Crippen MR) is 109 cm³/mol. The van der Waals surface area contributed by atoms with Gasteiger partial charge in [0.05, 0.1) is 11.8 Å². The minimum atomic E-state index is -0.653. The zero-order chi connectivity index (χ0) is 21.3. The van der Waals surface area contributed by atoms with Gasteiger partial charge in [-0.05, 0) is 6.08 Å². The van der Waals surface area contributed by atoms with Crippen molar-refractivity contribution in [3.8, 4) is 5.75 Å². The van der Waals surface area contributed by atoms with Crippen molar-refractivity contribution >= 4 is 64.1 Å². The Hall–Kier alpha value is -2.84. The standard InChI is InChI=1S/C16H13N5O6S3/c22-6-20(11-3-9(23)10(24)5-17-11)15-18-19-16(30-15)29-7-27-14(26)8-1-2-28-13-4-12(25)21(8)13/h1,3,5-6,13,24H,2,4,7H2,(H,17,23)/t13-/m0/s1. The largest absolute Gasteiger partial charge is 0.503 e. The number of rotatable bonds is 7. The maximum absolute atomic E-state index is 12.3. The lowest BCUT2D eigenvalue weighted by Crippen LogP contribution is -2.53. The number of carbonyl (C=O) groups is 3. The first-order valence-corrected chi connectivity index (χ1v) is 11.3. The van der Waals surface area contributed by atoms with Gasteiger partial charge >= 0.3 is 5.97 Å². The molecule has 1 atom stereocenters. The summed E-state index contributed by atoms with van der Waals surface area (Å²) in [7, 11) is 0. The van der Waals surface area contributed by atoms with E-state index in [9.17, 15) is 24.3 Å². The van der Waals surface area contributed by atoms with Crippen LogP contribution < -0.4 is 10.3 Å². The van der Waals surface area contributed by atoms with Crippen LogP contribution in [0.25, 0.3) is 0 Å². The van der Waals surface area contributed by atoms with Gasteiger partial charge in [0.2, 0.25) is 22.9 Å². The Morgan fingerprint density at radius 2 is 2.30 bits per heavy atom. The van der Waals surface area contributed by atoms with E-state index in [2.05, 4.69) is 15.2 Å². The number of thioether (sulfide) groups is 2. The first-order chi connectivity index (χ1) is 14.5. The van der Waals surface area contributed by atoms with Gasteiger partial charge in [0, 0.05) is 18.0 Å². The molecule has 2 N–H and O–H groups in total. The van der Waals surface area contributed by atoms with E-state index < -0.39 is 17.1 Å². The van der Waals surface area contributed by atoms with E-state index in [-0.39, 0.29) is 33.9 Å². The van der Waals surface area contributed by atoms with Gasteiger partial charge in [-0.1, -0.05) is 23.1 Å². The number of pyridine rings is 1. The van der Waals surface area contributed by atoms with Gasteiger partial charge in [0.25, 0.3) is 0 Å². The number of fused-ring (bicyclic) bond motifs is 1. The fraction of sp³-hybridized carbons (Fsp3) is 0.250. The van der Waals surface area contributed by atoms with E-state index in [0.717, 1.165) is 40.3 Å². The second-order valence-electron chi connectivity index (χ2n) is 5.93. The molecule has 2 aromatic heterocycles. The van der Waals surface area contributed by atoms with Crippen molar-refractivity contribution in [1.29, 1.82) is 0 Å². The van der Waals surface area contributed by atoms with Crippen molar-refractivity contribution in [3.05, 3.63) is 34.3 Å². The van der Waals surface area contributed by atoms with Gasteiger partial charge in [-0.3, -0.25) is 19.3 Å². The first-order valence-electron chi connectivity index (χ1n) is 8.41. The number of carbonyl (C=O) groups excluding carboxylic acids is 3. The Morgan fingerprint density at radius 1 is 1.47 bits per heavy atom. The van der Waals surface area contributed by atoms with Gasteiger partial charge in [-0.25, -0.2) is 9.69 Å². The normalized spacial score (nSPS) is 17.6. The predicted octanol–water partition coefficient (Wildman–Crippen LogP) is 1.01. The molecule has 30 heavy (non-hydrogen) atoms. The Morgan fingerprint density at radius 3 is 3.03 bits per heavy atom. The summed E-state index contributed by atoms with van der Waals surface area (Å²) in [6.07, 6.45) is 3.62. The van der Waals surface area contributed by atoms with Crippen LogP contribution in [0.1, 0.15) is 6.42 Å². The molecule has 0 aromatic carbocycles. The van der Waals surface area contributed by atoms with E-state index in [0.29, 0.717) is 22.9 Å². The minimum absolute atomic E-state index is 0.00379. The quantitative estimate of drug-likeness (QED) is 0.151. The number of anilines is 2. The highest BCUT2D eigenvalue weighted by atomic mass is 32.2. The summed E-state index contributed by atoms with van der Waals surface area (Å²) < 4.78 is 5.66. The molecule has 2 aliphatic heterocycles. The third-order valence-electron chi connectivity index (χ3n) is 4.16. The maximum atomic E-state index is 12.3. The topological polar surface area (TPSA) is 146 Å². The van der Waals surface area contributed by atoms with Crippen LogP contribution in [-0.2, 0) is 19.1 Å². The number of nitrogens with zero attached hydrogens (tertiary/aromatic N) is 4. The molecule has 0 spiro atoms. The van der Waals surface area contributed by atoms with Crippen molar-refractivity contribution in [3.63, 3.8) is 0 Å². The number of H-pyrrole nitrogens is 1. The zero-order valence-corrected chi connectivity index (χ0v) is 17.5. The van der Waals surface area contributed by atoms with Crippen LogP contribution in [0.4, 0.5) is 10.9 Å². The molecule has 1 fully saturated rings. The summed E-state index contributed by atoms with van der Waals surface area (Å²) in [5.41, 5.74) is -0.392. The monoisotopic (exact) mass is 467 g/mol. The molecule has 4 heterocycles. The Balaban J connectivity index is 1.36. The summed E-state index contributed by atoms with van der Waals surface area (Å²) in [6, 6.07) is 1.06. The van der Waals surface area contributed by atoms with Crippen molar-refractivity contribution in [1.82, 2.24) is 20.1 Å². The Labute approximate surface area is 181 Å². The summed E-state index contributed by atoms with van der Waals surface area (Å²) in [5, 5.41) is 17.3. The molecule has 4 rings (SSSR count). The third-order valence-corrected chi connectivity index (χ3v) is 7.16. The fourth-order valence-corrected chi connectivity index (χ4v) is 5.34. The third kappa shape index (κ3) is 3.93. The molecule has 0 bridgehead atoms. The van der Waals surface area contributed by atoms with E-state index >= 15 is 0 Å². The van der Waals surface area contributed by atoms with E-state index in [1.807, 2.05) is 0 Å². The molecule has 2 aromatic rings. The molecule has 0 unspecified atom stereocenters. The van der Waals surface area contributed by atoms with Gasteiger partial charge < -0.3 is 14.8 Å². The van der Waals surface area contributed by atoms with E-state index in [1.165, 1.54) is 4.90 Å². The smallest absolute Gasteiger partial charge is 0.355 e. The summed E-state index contributed by atoms with van der Waals surface area (Å²) in [5.74, 6) is -0.450. The van der Waals surface area contributed by atoms with Gasteiger partial charge in [-0.2, -0.15) is 0 Å². The number of aromatic hydroxyl groups is 1. The molecule has 0 saturated carbocycles. The number of nitrogens with one attached hydrogen (secondary N) is 1. The average Bonchev–Trinajstić information content (AvgIpc) is 3.18. The van der Waals surface area contributed by atoms with E-state index in [1.54, 1.807) is 17.8 Å². The van der Waals surface area contributed by atoms with Crippen molar-refractivity contribution < 1.29 is 24.2 Å². The first kappa shape index (κ1) is 20.4. The van der Waals surface area contributed by atoms with Crippen molar-refractivity contribution in [2.45, 2.75) is 16.1 Å². The highest BCUT2D eigenvalue weighted by Gasteiger charge is 2.43. The SMILES string of the molecule is O=CN(c1cc(=O)c(O)c[nH]1)c1nnc(SCOC(=O)C2=CCS[C@H]3CC(=O)N23)s1. The number of aromatic amines is 1. The van der Waals surface area contributed by atoms with Gasteiger partial charge in [0.1, 0.15) is 17.5 Å². The van der Waals surface area contributed by atoms with Crippen LogP contribution in [0.2, 0.25) is 0 Å². The number of hydrogen-bond acceptors (Lipinski definition) is 11. The summed E-state index contributed by atoms with van der Waals surface area (Å²) >= 11 is 3.74. The average molecular weight is 468 g/mol. The lowest BCUT2D eigenvalue weighted by atomic mass is 10.1. The summed E-state index contributed by atoms with van der Waals surface area (Å²) in [4.78, 5) is 52.1. The highest BCUT2D eigenvalue weighted by molar-refractivity contribution is 8.01. The molecule has 2 amide bonds. The molecular formula is C16H13N5O6S3. The van der Waals surface area contributed by atoms with Crippen LogP contribution in [0, 0.1) is 0 Å². The molecule has 11 nitrogen and oxygen atoms in total. The lowest BCUT2D eigenvalue weighted by Gasteiger charge is -2.42. The molecule has 0 aliphatic carbocycles. The zero-order valence-electron chi connectivity index (χ0n) is 15.0. The van der Waals surface area contributed by atoms with Gasteiger partial charge in [-0.15, -0.1) is 22.0 Å². The van der Waals surface area contributed by atoms with Crippen LogP contribution in [-0.4, -0.2) is 60.5 Å². The van der Waals surface area contributed by atoms with Crippen LogP contribution in [0.5, 0.6) is 5.75 Å². The number of ether oxygens (including phenoxy) is 1. The molecule has 14 heteroatoms. The second kappa shape index (κ2) is 8.49. The second-order valence-corrected chi connectivity index (χ2v) is 9.27. The van der Waals surface area contributed by atoms with Crippen molar-refractivity contribution in [2.24, 2.45) is 0 Å². The maximum Gasteiger partial charge on any atom is 0.355 e. The molecule has 1 saturated heterocycles. The van der Waals surface area contributed by atoms with E-state index in [4.69, 9.17) is 4.74 Å². The number of aromatic nitrogens is 3. The van der Waals surface area contributed by atoms with Crippen LogP contribution >= 0.6 is 34.9 Å². The van der Waals surface area contributed by atoms with Gasteiger partial charge in [0.15, 0.2) is 10.1 Å². The van der Waals surface area contributed by atoms with Crippen LogP contribution in [0.3, 0.4) is 0 Å². The minimum Gasteiger partial charge on any atom is -0.503 e. The fourth-order valence-electron chi connectivity index (χ4n) is 2.69. The Kier molecular flexibility index (Phi) is 5.78. The number of β-lactam (4-membered cyclic amide) rings is 1. The molecule has 2 aliphatic rings.